The summed E-state index contributed by atoms with van der Waals surface area (Å²) in [5.41, 5.74) is 2.01. The number of hydrogen-bond donors (Lipinski definition) is 2. The number of hydrogen-bond acceptors (Lipinski definition) is 6. The van der Waals surface area contributed by atoms with Crippen molar-refractivity contribution < 1.29 is 23.2 Å². The van der Waals surface area contributed by atoms with E-state index in [0.717, 1.165) is 19.3 Å². The summed E-state index contributed by atoms with van der Waals surface area (Å²) < 4.78 is 28.3. The molecule has 2 aromatic rings. The number of carbonyl (C=O) groups excluding carboxylic acids is 2. The van der Waals surface area contributed by atoms with Gasteiger partial charge >= 0.3 is 0 Å². The third-order valence-corrected chi connectivity index (χ3v) is 8.20. The average molecular weight is 491 g/mol. The summed E-state index contributed by atoms with van der Waals surface area (Å²) in [7, 11) is -2.51. The van der Waals surface area contributed by atoms with Gasteiger partial charge in [-0.2, -0.15) is 0 Å². The Morgan fingerprint density at radius 1 is 1.15 bits per heavy atom. The standard InChI is InChI=1S/C24H34N4O5S/c1-17(2)15-19(21(23(29)26-31)24(30)28-13-5-4-6-14-28)16-27(3)34(32,33)20-11-7-9-18-10-8-12-25-22(18)20/h7-12,17,19,21,31H,4-6,13-16H2,1-3H3,(H,26,29)/t19-,21+/m0/s1. The van der Waals surface area contributed by atoms with Crippen LogP contribution < -0.4 is 5.48 Å². The van der Waals surface area contributed by atoms with Gasteiger partial charge in [-0.15, -0.1) is 0 Å². The lowest BCUT2D eigenvalue weighted by atomic mass is 9.83. The van der Waals surface area contributed by atoms with Crippen molar-refractivity contribution in [3.05, 3.63) is 36.5 Å². The molecule has 0 spiro atoms. The number of rotatable bonds is 9. The van der Waals surface area contributed by atoms with E-state index in [-0.39, 0.29) is 23.3 Å². The molecule has 9 nitrogen and oxygen atoms in total. The molecule has 186 valence electrons. The maximum absolute atomic E-state index is 13.5. The van der Waals surface area contributed by atoms with Crippen LogP contribution in [-0.2, 0) is 19.6 Å². The number of carbonyl (C=O) groups is 2. The van der Waals surface area contributed by atoms with Crippen molar-refractivity contribution in [3.8, 4) is 0 Å². The number of amides is 2. The zero-order valence-electron chi connectivity index (χ0n) is 20.0. The number of nitrogens with zero attached hydrogens (tertiary/aromatic N) is 3. The third kappa shape index (κ3) is 5.73. The first-order valence-electron chi connectivity index (χ1n) is 11.7. The van der Waals surface area contributed by atoms with Crippen LogP contribution in [-0.4, -0.2) is 66.3 Å². The van der Waals surface area contributed by atoms with Crippen molar-refractivity contribution in [1.29, 1.82) is 0 Å². The van der Waals surface area contributed by atoms with Crippen molar-refractivity contribution in [2.45, 2.75) is 44.4 Å². The molecule has 1 aliphatic rings. The van der Waals surface area contributed by atoms with Gasteiger partial charge in [0.25, 0.3) is 5.91 Å². The van der Waals surface area contributed by atoms with Crippen LogP contribution in [0, 0.1) is 17.8 Å². The van der Waals surface area contributed by atoms with Crippen molar-refractivity contribution in [1.82, 2.24) is 19.7 Å². The number of hydroxylamine groups is 1. The Hall–Kier alpha value is -2.56. The number of para-hydroxylation sites is 1. The summed E-state index contributed by atoms with van der Waals surface area (Å²) in [5, 5.41) is 10.1. The fourth-order valence-electron chi connectivity index (χ4n) is 4.71. The first kappa shape index (κ1) is 26.1. The molecule has 2 N–H and O–H groups in total. The molecule has 2 heterocycles. The molecule has 1 aliphatic heterocycles. The van der Waals surface area contributed by atoms with Crippen molar-refractivity contribution in [3.63, 3.8) is 0 Å². The highest BCUT2D eigenvalue weighted by Gasteiger charge is 2.40. The second-order valence-electron chi connectivity index (χ2n) is 9.35. The molecule has 0 radical (unpaired) electrons. The predicted octanol–water partition coefficient (Wildman–Crippen LogP) is 2.65. The topological polar surface area (TPSA) is 120 Å². The van der Waals surface area contributed by atoms with Crippen molar-refractivity contribution in [2.75, 3.05) is 26.7 Å². The quantitative estimate of drug-likeness (QED) is 0.317. The zero-order chi connectivity index (χ0) is 24.9. The Bertz CT molecular complexity index is 1110. The smallest absolute Gasteiger partial charge is 0.256 e. The van der Waals surface area contributed by atoms with Gasteiger partial charge in [0.15, 0.2) is 0 Å². The molecule has 2 atom stereocenters. The lowest BCUT2D eigenvalue weighted by molar-refractivity contribution is -0.149. The van der Waals surface area contributed by atoms with Crippen LogP contribution in [0.25, 0.3) is 10.9 Å². The highest BCUT2D eigenvalue weighted by atomic mass is 32.2. The van der Waals surface area contributed by atoms with Gasteiger partial charge in [0.1, 0.15) is 10.8 Å². The summed E-state index contributed by atoms with van der Waals surface area (Å²) in [5.74, 6) is -2.88. The van der Waals surface area contributed by atoms with E-state index < -0.39 is 27.8 Å². The van der Waals surface area contributed by atoms with E-state index in [1.54, 1.807) is 40.8 Å². The van der Waals surface area contributed by atoms with Crippen LogP contribution in [0.2, 0.25) is 0 Å². The van der Waals surface area contributed by atoms with Gasteiger partial charge in [-0.1, -0.05) is 32.0 Å². The molecule has 0 aliphatic carbocycles. The van der Waals surface area contributed by atoms with E-state index in [9.17, 15) is 23.2 Å². The lowest BCUT2D eigenvalue weighted by Crippen LogP contribution is -2.50. The van der Waals surface area contributed by atoms with Gasteiger partial charge in [-0.05, 0) is 49.7 Å². The number of benzene rings is 1. The molecule has 1 aromatic heterocycles. The van der Waals surface area contributed by atoms with E-state index in [1.807, 2.05) is 13.8 Å². The van der Waals surface area contributed by atoms with Crippen LogP contribution in [0.3, 0.4) is 0 Å². The van der Waals surface area contributed by atoms with Gasteiger partial charge in [-0.25, -0.2) is 18.2 Å². The first-order valence-corrected chi connectivity index (χ1v) is 13.1. The summed E-state index contributed by atoms with van der Waals surface area (Å²) in [6, 6.07) is 8.50. The lowest BCUT2D eigenvalue weighted by Gasteiger charge is -2.34. The largest absolute Gasteiger partial charge is 0.342 e. The fourth-order valence-corrected chi connectivity index (χ4v) is 6.10. The third-order valence-electron chi connectivity index (χ3n) is 6.35. The van der Waals surface area contributed by atoms with E-state index in [2.05, 4.69) is 4.98 Å². The minimum Gasteiger partial charge on any atom is -0.342 e. The summed E-state index contributed by atoms with van der Waals surface area (Å²) >= 11 is 0. The second-order valence-corrected chi connectivity index (χ2v) is 11.4. The fraction of sp³-hybridized carbons (Fsp3) is 0.542. The number of piperidine rings is 1. The number of aromatic nitrogens is 1. The van der Waals surface area contributed by atoms with E-state index in [4.69, 9.17) is 0 Å². The van der Waals surface area contributed by atoms with Crippen molar-refractivity contribution in [2.24, 2.45) is 17.8 Å². The number of sulfonamides is 1. The molecular weight excluding hydrogens is 456 g/mol. The molecule has 1 fully saturated rings. The number of likely N-dealkylation sites (tertiary alicyclic amines) is 1. The Kier molecular flexibility index (Phi) is 8.62. The summed E-state index contributed by atoms with van der Waals surface area (Å²) in [4.78, 5) is 32.1. The van der Waals surface area contributed by atoms with Gasteiger partial charge in [0, 0.05) is 38.3 Å². The predicted molar refractivity (Wildman–Crippen MR) is 128 cm³/mol. The molecule has 0 bridgehead atoms. The van der Waals surface area contributed by atoms with Crippen LogP contribution in [0.4, 0.5) is 0 Å². The molecule has 10 heteroatoms. The van der Waals surface area contributed by atoms with Gasteiger partial charge in [0.05, 0.1) is 5.52 Å². The molecule has 1 saturated heterocycles. The second kappa shape index (κ2) is 11.2. The Morgan fingerprint density at radius 3 is 2.47 bits per heavy atom. The highest BCUT2D eigenvalue weighted by Crippen LogP contribution is 2.29. The minimum absolute atomic E-state index is 0.0542. The van der Waals surface area contributed by atoms with E-state index in [1.165, 1.54) is 17.4 Å². The molecule has 0 saturated carbocycles. The number of nitrogens with one attached hydrogen (secondary N) is 1. The van der Waals surface area contributed by atoms with Gasteiger partial charge in [-0.3, -0.25) is 19.8 Å². The van der Waals surface area contributed by atoms with E-state index in [0.29, 0.717) is 30.4 Å². The molecule has 3 rings (SSSR count). The molecule has 0 unspecified atom stereocenters. The molecule has 1 aromatic carbocycles. The van der Waals surface area contributed by atoms with Gasteiger partial charge in [0.2, 0.25) is 15.9 Å². The summed E-state index contributed by atoms with van der Waals surface area (Å²) in [6.45, 7) is 4.96. The Morgan fingerprint density at radius 2 is 1.82 bits per heavy atom. The van der Waals surface area contributed by atoms with Gasteiger partial charge < -0.3 is 4.90 Å². The molecule has 2 amide bonds. The molecular formula is C24H34N4O5S. The van der Waals surface area contributed by atoms with Crippen LogP contribution >= 0.6 is 0 Å². The van der Waals surface area contributed by atoms with Crippen molar-refractivity contribution >= 4 is 32.7 Å². The van der Waals surface area contributed by atoms with Crippen LogP contribution in [0.5, 0.6) is 0 Å². The van der Waals surface area contributed by atoms with E-state index >= 15 is 0 Å². The minimum atomic E-state index is -3.96. The Labute approximate surface area is 201 Å². The Balaban J connectivity index is 1.94. The SMILES string of the molecule is CC(C)C[C@@H](CN(C)S(=O)(=O)c1cccc2cccnc12)[C@H](C(=O)NO)C(=O)N1CCCCC1. The van der Waals surface area contributed by atoms with Crippen LogP contribution in [0.1, 0.15) is 39.5 Å². The number of pyridine rings is 1. The maximum Gasteiger partial charge on any atom is 0.256 e. The maximum atomic E-state index is 13.5. The monoisotopic (exact) mass is 490 g/mol. The first-order chi connectivity index (χ1) is 16.2. The summed E-state index contributed by atoms with van der Waals surface area (Å²) in [6.07, 6.45) is 4.72. The number of fused-ring (bicyclic) bond motifs is 1. The van der Waals surface area contributed by atoms with Crippen LogP contribution in [0.15, 0.2) is 41.4 Å². The average Bonchev–Trinajstić information content (AvgIpc) is 2.83. The molecule has 34 heavy (non-hydrogen) atoms. The zero-order valence-corrected chi connectivity index (χ0v) is 20.8. The normalized spacial score (nSPS) is 16.6. The highest BCUT2D eigenvalue weighted by molar-refractivity contribution is 7.89.